The molecular weight excluding hydrogens is 396 g/mol. The minimum atomic E-state index is -0.699. The van der Waals surface area contributed by atoms with Crippen molar-refractivity contribution in [3.05, 3.63) is 60.2 Å². The molecule has 31 heavy (non-hydrogen) atoms. The van der Waals surface area contributed by atoms with Crippen LogP contribution in [0.5, 0.6) is 0 Å². The Morgan fingerprint density at radius 2 is 1.74 bits per heavy atom. The molecule has 0 radical (unpaired) electrons. The number of hydrogen-bond donors (Lipinski definition) is 1. The van der Waals surface area contributed by atoms with Gasteiger partial charge in [0.1, 0.15) is 0 Å². The Bertz CT molecular complexity index is 1020. The maximum absolute atomic E-state index is 12.9. The Labute approximate surface area is 180 Å². The van der Waals surface area contributed by atoms with Gasteiger partial charge in [0.25, 0.3) is 5.91 Å². The fourth-order valence-electron chi connectivity index (χ4n) is 4.35. The van der Waals surface area contributed by atoms with Crippen molar-refractivity contribution in [3.63, 3.8) is 0 Å². The second-order valence-corrected chi connectivity index (χ2v) is 8.18. The van der Waals surface area contributed by atoms with Crippen molar-refractivity contribution in [2.24, 2.45) is 17.8 Å². The molecule has 0 bridgehead atoms. The topological polar surface area (TPSA) is 92.8 Å². The highest BCUT2D eigenvalue weighted by atomic mass is 16.5. The van der Waals surface area contributed by atoms with Crippen molar-refractivity contribution >= 4 is 35.1 Å². The van der Waals surface area contributed by atoms with E-state index in [0.717, 1.165) is 6.42 Å². The molecule has 3 amide bonds. The molecule has 160 valence electrons. The van der Waals surface area contributed by atoms with E-state index in [1.54, 1.807) is 36.4 Å². The summed E-state index contributed by atoms with van der Waals surface area (Å²) in [5.41, 5.74) is 1.14. The Hall–Kier alpha value is -3.48. The summed E-state index contributed by atoms with van der Waals surface area (Å²) in [4.78, 5) is 51.4. The van der Waals surface area contributed by atoms with E-state index in [4.69, 9.17) is 4.74 Å². The van der Waals surface area contributed by atoms with Gasteiger partial charge in [-0.25, -0.2) is 4.79 Å². The average molecular weight is 420 g/mol. The van der Waals surface area contributed by atoms with Crippen LogP contribution in [0, 0.1) is 17.8 Å². The minimum absolute atomic E-state index is 0.175. The smallest absolute Gasteiger partial charge is 0.338 e. The zero-order chi connectivity index (χ0) is 22.0. The van der Waals surface area contributed by atoms with Gasteiger partial charge in [0.05, 0.1) is 23.1 Å². The van der Waals surface area contributed by atoms with Gasteiger partial charge in [0.15, 0.2) is 6.61 Å². The molecule has 1 saturated carbocycles. The molecule has 4 rings (SSSR count). The minimum Gasteiger partial charge on any atom is -0.452 e. The van der Waals surface area contributed by atoms with Gasteiger partial charge < -0.3 is 10.1 Å². The van der Waals surface area contributed by atoms with Gasteiger partial charge in [-0.1, -0.05) is 31.2 Å². The van der Waals surface area contributed by atoms with Crippen molar-refractivity contribution in [3.8, 4) is 0 Å². The Morgan fingerprint density at radius 1 is 1.00 bits per heavy atom. The van der Waals surface area contributed by atoms with E-state index in [1.807, 2.05) is 6.07 Å². The van der Waals surface area contributed by atoms with Crippen LogP contribution in [0.4, 0.5) is 11.4 Å². The summed E-state index contributed by atoms with van der Waals surface area (Å²) in [5.74, 6) is -1.70. The first kappa shape index (κ1) is 20.8. The molecule has 7 heteroatoms. The highest BCUT2D eigenvalue weighted by Gasteiger charge is 2.50. The summed E-state index contributed by atoms with van der Waals surface area (Å²) in [6.45, 7) is 1.66. The van der Waals surface area contributed by atoms with Crippen LogP contribution in [0.15, 0.2) is 54.6 Å². The van der Waals surface area contributed by atoms with Crippen LogP contribution in [0.1, 0.15) is 36.5 Å². The van der Waals surface area contributed by atoms with E-state index in [0.29, 0.717) is 30.1 Å². The monoisotopic (exact) mass is 420 g/mol. The van der Waals surface area contributed by atoms with Crippen LogP contribution in [-0.4, -0.2) is 30.3 Å². The Kier molecular flexibility index (Phi) is 5.84. The molecular formula is C24H24N2O5. The number of nitrogens with one attached hydrogen (secondary N) is 1. The number of carbonyl (C=O) groups excluding carboxylic acids is 4. The largest absolute Gasteiger partial charge is 0.452 e. The molecule has 0 spiro atoms. The lowest BCUT2D eigenvalue weighted by Gasteiger charge is -2.25. The lowest BCUT2D eigenvalue weighted by atomic mass is 9.76. The highest BCUT2D eigenvalue weighted by molar-refractivity contribution is 6.22. The Morgan fingerprint density at radius 3 is 2.52 bits per heavy atom. The number of esters is 1. The number of para-hydroxylation sites is 1. The molecule has 1 N–H and O–H groups in total. The molecule has 3 atom stereocenters. The fourth-order valence-corrected chi connectivity index (χ4v) is 4.35. The van der Waals surface area contributed by atoms with Crippen LogP contribution in [0.2, 0.25) is 0 Å². The van der Waals surface area contributed by atoms with Gasteiger partial charge in [-0.3, -0.25) is 19.3 Å². The lowest BCUT2D eigenvalue weighted by molar-refractivity contribution is -0.122. The number of imide groups is 1. The van der Waals surface area contributed by atoms with Crippen molar-refractivity contribution in [2.45, 2.75) is 26.2 Å². The first-order valence-corrected chi connectivity index (χ1v) is 10.4. The van der Waals surface area contributed by atoms with E-state index in [2.05, 4.69) is 12.2 Å². The van der Waals surface area contributed by atoms with Crippen LogP contribution < -0.4 is 10.2 Å². The SMILES string of the molecule is C[C@@H]1CC[C@H]2C(=O)N(c3cccc(C(=O)OCC(=O)Nc4ccccc4)c3)C(=O)[C@@H]2C1. The van der Waals surface area contributed by atoms with Crippen LogP contribution in [0.3, 0.4) is 0 Å². The van der Waals surface area contributed by atoms with Crippen molar-refractivity contribution in [2.75, 3.05) is 16.8 Å². The van der Waals surface area contributed by atoms with Crippen LogP contribution in [0.25, 0.3) is 0 Å². The molecule has 0 unspecified atom stereocenters. The predicted octanol–water partition coefficient (Wildman–Crippen LogP) is 3.41. The number of ether oxygens (including phenoxy) is 1. The summed E-state index contributed by atoms with van der Waals surface area (Å²) in [7, 11) is 0. The molecule has 2 fully saturated rings. The molecule has 0 aromatic heterocycles. The normalized spacial score (nSPS) is 22.7. The number of amides is 3. The second kappa shape index (κ2) is 8.71. The van der Waals surface area contributed by atoms with Gasteiger partial charge in [-0.05, 0) is 55.5 Å². The van der Waals surface area contributed by atoms with Crippen molar-refractivity contribution in [1.29, 1.82) is 0 Å². The number of fused-ring (bicyclic) bond motifs is 1. The number of anilines is 2. The van der Waals surface area contributed by atoms with Gasteiger partial charge in [0.2, 0.25) is 11.8 Å². The summed E-state index contributed by atoms with van der Waals surface area (Å²) in [5, 5.41) is 2.63. The van der Waals surface area contributed by atoms with Gasteiger partial charge in [-0.15, -0.1) is 0 Å². The molecule has 2 aliphatic rings. The molecule has 1 aliphatic carbocycles. The number of benzene rings is 2. The van der Waals surface area contributed by atoms with E-state index in [1.165, 1.54) is 17.0 Å². The van der Waals surface area contributed by atoms with Gasteiger partial charge in [-0.2, -0.15) is 0 Å². The van der Waals surface area contributed by atoms with Crippen molar-refractivity contribution in [1.82, 2.24) is 0 Å². The number of rotatable bonds is 5. The highest BCUT2D eigenvalue weighted by Crippen LogP contribution is 2.42. The summed E-state index contributed by atoms with van der Waals surface area (Å²) in [6.07, 6.45) is 2.36. The molecule has 2 aromatic carbocycles. The Balaban J connectivity index is 1.42. The summed E-state index contributed by atoms with van der Waals surface area (Å²) < 4.78 is 5.10. The zero-order valence-electron chi connectivity index (χ0n) is 17.2. The van der Waals surface area contributed by atoms with E-state index < -0.39 is 18.5 Å². The molecule has 2 aromatic rings. The first-order valence-electron chi connectivity index (χ1n) is 10.4. The first-order chi connectivity index (χ1) is 14.9. The van der Waals surface area contributed by atoms with E-state index >= 15 is 0 Å². The van der Waals surface area contributed by atoms with E-state index in [-0.39, 0.29) is 29.2 Å². The van der Waals surface area contributed by atoms with Gasteiger partial charge >= 0.3 is 5.97 Å². The van der Waals surface area contributed by atoms with Gasteiger partial charge in [0, 0.05) is 5.69 Å². The summed E-state index contributed by atoms with van der Waals surface area (Å²) in [6, 6.07) is 15.1. The number of nitrogens with zero attached hydrogens (tertiary/aromatic N) is 1. The summed E-state index contributed by atoms with van der Waals surface area (Å²) >= 11 is 0. The second-order valence-electron chi connectivity index (χ2n) is 8.18. The van der Waals surface area contributed by atoms with Crippen LogP contribution >= 0.6 is 0 Å². The molecule has 7 nitrogen and oxygen atoms in total. The fraction of sp³-hybridized carbons (Fsp3) is 0.333. The molecule has 1 saturated heterocycles. The number of hydrogen-bond acceptors (Lipinski definition) is 5. The third-order valence-electron chi connectivity index (χ3n) is 5.92. The van der Waals surface area contributed by atoms with E-state index in [9.17, 15) is 19.2 Å². The van der Waals surface area contributed by atoms with Crippen molar-refractivity contribution < 1.29 is 23.9 Å². The average Bonchev–Trinajstić information content (AvgIpc) is 3.02. The maximum atomic E-state index is 12.9. The van der Waals surface area contributed by atoms with Crippen LogP contribution in [-0.2, 0) is 19.1 Å². The quantitative estimate of drug-likeness (QED) is 0.591. The molecule has 1 aliphatic heterocycles. The third-order valence-corrected chi connectivity index (χ3v) is 5.92. The lowest BCUT2D eigenvalue weighted by Crippen LogP contribution is -2.31. The maximum Gasteiger partial charge on any atom is 0.338 e. The third kappa shape index (κ3) is 4.35. The molecule has 1 heterocycles. The standard InChI is InChI=1S/C24H24N2O5/c1-15-10-11-19-20(12-15)23(29)26(22(19)28)18-9-5-6-16(13-18)24(30)31-14-21(27)25-17-7-3-2-4-8-17/h2-9,13,15,19-20H,10-12,14H2,1H3,(H,25,27)/t15-,19-,20-/m1/s1. The zero-order valence-corrected chi connectivity index (χ0v) is 17.2. The predicted molar refractivity (Wildman–Crippen MR) is 114 cm³/mol. The number of carbonyl (C=O) groups is 4.